The highest BCUT2D eigenvalue weighted by Gasteiger charge is 2.26. The fraction of sp³-hybridized carbons (Fsp3) is 0.308. The molecule has 1 aromatic carbocycles. The molecule has 0 aliphatic carbocycles. The number of nitriles is 1. The number of Topliss-reactive ketones (excluding diaryl/α,β-unsaturated/α-hetero) is 1. The average molecular weight is 263 g/mol. The van der Waals surface area contributed by atoms with Gasteiger partial charge in [0.15, 0.2) is 5.78 Å². The molecule has 0 amide bonds. The summed E-state index contributed by atoms with van der Waals surface area (Å²) in [7, 11) is 0. The van der Waals surface area contributed by atoms with Crippen LogP contribution in [0, 0.1) is 17.2 Å². The minimum atomic E-state index is -0.869. The number of carbonyl (C=O) groups excluding carboxylic acids is 1. The molecule has 2 rings (SSSR count). The lowest BCUT2D eigenvalue weighted by Crippen LogP contribution is -2.30. The van der Waals surface area contributed by atoms with Crippen molar-refractivity contribution in [3.05, 3.63) is 34.9 Å². The van der Waals surface area contributed by atoms with Crippen LogP contribution in [0.2, 0.25) is 5.02 Å². The summed E-state index contributed by atoms with van der Waals surface area (Å²) >= 11 is 5.76. The monoisotopic (exact) mass is 262 g/mol. The average Bonchev–Trinajstić information content (AvgIpc) is 2.41. The van der Waals surface area contributed by atoms with Crippen LogP contribution in [0.5, 0.6) is 0 Å². The number of hydrogen-bond acceptors (Lipinski definition) is 4. The van der Waals surface area contributed by atoms with Crippen molar-refractivity contribution >= 4 is 23.1 Å². The molecule has 92 valence electrons. The first-order chi connectivity index (χ1) is 8.72. The summed E-state index contributed by atoms with van der Waals surface area (Å²) in [5.74, 6) is -1.13. The molecular weight excluding hydrogens is 252 g/mol. The summed E-state index contributed by atoms with van der Waals surface area (Å²) in [6.07, 6.45) is 0. The van der Waals surface area contributed by atoms with E-state index in [9.17, 15) is 4.79 Å². The topological polar surface area (TPSA) is 62.5 Å². The van der Waals surface area contributed by atoms with Crippen molar-refractivity contribution in [1.29, 1.82) is 5.26 Å². The molecule has 1 heterocycles. The molecule has 0 radical (unpaired) electrons. The van der Waals surface area contributed by atoms with E-state index in [2.05, 4.69) is 4.99 Å². The molecule has 0 spiro atoms. The van der Waals surface area contributed by atoms with Crippen molar-refractivity contribution in [2.45, 2.75) is 0 Å². The summed E-state index contributed by atoms with van der Waals surface area (Å²) in [6, 6.07) is 8.47. The Labute approximate surface area is 110 Å². The molecule has 0 saturated carbocycles. The largest absolute Gasteiger partial charge is 0.374 e. The van der Waals surface area contributed by atoms with Crippen LogP contribution in [0.1, 0.15) is 10.4 Å². The predicted octanol–water partition coefficient (Wildman–Crippen LogP) is 2.13. The molecule has 1 aliphatic heterocycles. The van der Waals surface area contributed by atoms with Crippen LogP contribution in [-0.4, -0.2) is 31.3 Å². The lowest BCUT2D eigenvalue weighted by molar-refractivity contribution is 0.0966. The number of ketones is 1. The number of aliphatic imine (C=N–C) groups is 1. The van der Waals surface area contributed by atoms with Gasteiger partial charge in [0, 0.05) is 10.6 Å². The van der Waals surface area contributed by atoms with Crippen molar-refractivity contribution in [2.75, 3.05) is 19.8 Å². The first kappa shape index (κ1) is 12.7. The number of benzene rings is 1. The third-order valence-electron chi connectivity index (χ3n) is 2.65. The van der Waals surface area contributed by atoms with E-state index in [1.165, 1.54) is 0 Å². The summed E-state index contributed by atoms with van der Waals surface area (Å²) in [6.45, 7) is 1.29. The zero-order valence-electron chi connectivity index (χ0n) is 9.60. The number of nitrogens with zero attached hydrogens (tertiary/aromatic N) is 2. The van der Waals surface area contributed by atoms with Gasteiger partial charge in [-0.15, -0.1) is 0 Å². The van der Waals surface area contributed by atoms with Gasteiger partial charge in [-0.05, 0) is 24.3 Å². The number of hydrogen-bond donors (Lipinski definition) is 0. The number of rotatable bonds is 3. The molecule has 0 N–H and O–H groups in total. The van der Waals surface area contributed by atoms with E-state index in [1.54, 1.807) is 24.3 Å². The van der Waals surface area contributed by atoms with Crippen LogP contribution in [-0.2, 0) is 4.74 Å². The molecule has 4 nitrogen and oxygen atoms in total. The molecule has 0 saturated heterocycles. The Bertz CT molecular complexity index is 517. The van der Waals surface area contributed by atoms with Gasteiger partial charge in [0.2, 0.25) is 0 Å². The molecule has 0 bridgehead atoms. The molecule has 1 aliphatic rings. The minimum absolute atomic E-state index is 0.248. The van der Waals surface area contributed by atoms with E-state index in [1.807, 2.05) is 6.07 Å². The SMILES string of the molecule is N#CC(C(=O)c1ccc(Cl)cc1)C1=NCCOC1. The highest BCUT2D eigenvalue weighted by Crippen LogP contribution is 2.15. The second kappa shape index (κ2) is 5.76. The van der Waals surface area contributed by atoms with Crippen LogP contribution >= 0.6 is 11.6 Å². The van der Waals surface area contributed by atoms with E-state index in [0.29, 0.717) is 29.4 Å². The maximum atomic E-state index is 12.2. The zero-order valence-corrected chi connectivity index (χ0v) is 10.4. The third kappa shape index (κ3) is 2.76. The van der Waals surface area contributed by atoms with Gasteiger partial charge in [-0.3, -0.25) is 9.79 Å². The van der Waals surface area contributed by atoms with Crippen LogP contribution in [0.3, 0.4) is 0 Å². The highest BCUT2D eigenvalue weighted by atomic mass is 35.5. The third-order valence-corrected chi connectivity index (χ3v) is 2.91. The maximum absolute atomic E-state index is 12.2. The summed E-state index contributed by atoms with van der Waals surface area (Å²) in [5, 5.41) is 9.69. The fourth-order valence-corrected chi connectivity index (χ4v) is 1.84. The van der Waals surface area contributed by atoms with Gasteiger partial charge in [0.25, 0.3) is 0 Å². The van der Waals surface area contributed by atoms with Crippen molar-refractivity contribution < 1.29 is 9.53 Å². The second-order valence-corrected chi connectivity index (χ2v) is 4.30. The zero-order chi connectivity index (χ0) is 13.0. The van der Waals surface area contributed by atoms with Gasteiger partial charge >= 0.3 is 0 Å². The molecular formula is C13H11ClN2O2. The Morgan fingerprint density at radius 1 is 1.44 bits per heavy atom. The van der Waals surface area contributed by atoms with Crippen molar-refractivity contribution in [2.24, 2.45) is 10.9 Å². The standard InChI is InChI=1S/C13H11ClN2O2/c14-10-3-1-9(2-4-10)13(17)11(7-15)12-8-18-6-5-16-12/h1-4,11H,5-6,8H2. The minimum Gasteiger partial charge on any atom is -0.374 e. The Kier molecular flexibility index (Phi) is 4.08. The van der Waals surface area contributed by atoms with Gasteiger partial charge in [-0.1, -0.05) is 11.6 Å². The Balaban J connectivity index is 2.23. The van der Waals surface area contributed by atoms with E-state index < -0.39 is 5.92 Å². The van der Waals surface area contributed by atoms with Crippen LogP contribution in [0.4, 0.5) is 0 Å². The van der Waals surface area contributed by atoms with Crippen molar-refractivity contribution in [3.8, 4) is 6.07 Å². The molecule has 5 heteroatoms. The van der Waals surface area contributed by atoms with Gasteiger partial charge in [0.05, 0.1) is 31.5 Å². The van der Waals surface area contributed by atoms with Gasteiger partial charge in [-0.25, -0.2) is 0 Å². The van der Waals surface area contributed by atoms with E-state index in [-0.39, 0.29) is 12.4 Å². The van der Waals surface area contributed by atoms with E-state index >= 15 is 0 Å². The second-order valence-electron chi connectivity index (χ2n) is 3.86. The normalized spacial score (nSPS) is 16.6. The van der Waals surface area contributed by atoms with Gasteiger partial charge in [-0.2, -0.15) is 5.26 Å². The first-order valence-corrected chi connectivity index (χ1v) is 5.90. The lowest BCUT2D eigenvalue weighted by atomic mass is 9.94. The van der Waals surface area contributed by atoms with E-state index in [0.717, 1.165) is 0 Å². The molecule has 1 atom stereocenters. The molecule has 0 fully saturated rings. The van der Waals surface area contributed by atoms with Gasteiger partial charge < -0.3 is 4.74 Å². The van der Waals surface area contributed by atoms with E-state index in [4.69, 9.17) is 21.6 Å². The lowest BCUT2D eigenvalue weighted by Gasteiger charge is -2.16. The van der Waals surface area contributed by atoms with Crippen LogP contribution in [0.25, 0.3) is 0 Å². The summed E-state index contributed by atoms with van der Waals surface area (Å²) < 4.78 is 5.21. The number of carbonyl (C=O) groups is 1. The Hall–Kier alpha value is -1.70. The van der Waals surface area contributed by atoms with Gasteiger partial charge in [0.1, 0.15) is 5.92 Å². The first-order valence-electron chi connectivity index (χ1n) is 5.52. The van der Waals surface area contributed by atoms with Crippen molar-refractivity contribution in [1.82, 2.24) is 0 Å². The Morgan fingerprint density at radius 3 is 2.72 bits per heavy atom. The molecule has 18 heavy (non-hydrogen) atoms. The van der Waals surface area contributed by atoms with Crippen molar-refractivity contribution in [3.63, 3.8) is 0 Å². The molecule has 1 unspecified atom stereocenters. The van der Waals surface area contributed by atoms with Crippen LogP contribution < -0.4 is 0 Å². The fourth-order valence-electron chi connectivity index (χ4n) is 1.72. The quantitative estimate of drug-likeness (QED) is 0.784. The highest BCUT2D eigenvalue weighted by molar-refractivity contribution is 6.30. The summed E-state index contributed by atoms with van der Waals surface area (Å²) in [4.78, 5) is 16.4. The number of ether oxygens (including phenoxy) is 1. The Morgan fingerprint density at radius 2 is 2.17 bits per heavy atom. The van der Waals surface area contributed by atoms with Crippen LogP contribution in [0.15, 0.2) is 29.3 Å². The summed E-state index contributed by atoms with van der Waals surface area (Å²) in [5.41, 5.74) is 0.961. The smallest absolute Gasteiger partial charge is 0.185 e. The maximum Gasteiger partial charge on any atom is 0.185 e. The molecule has 0 aromatic heterocycles. The predicted molar refractivity (Wildman–Crippen MR) is 68.0 cm³/mol. The number of halogens is 1. The molecule has 1 aromatic rings.